The fourth-order valence-electron chi connectivity index (χ4n) is 1.46. The lowest BCUT2D eigenvalue weighted by Crippen LogP contribution is -2.42. The number of halogens is 3. The molecule has 0 spiro atoms. The third-order valence-corrected chi connectivity index (χ3v) is 2.20. The molecule has 0 aromatic heterocycles. The smallest absolute Gasteiger partial charge is 0.397 e. The Balaban J connectivity index is 2.55. The Morgan fingerprint density at radius 1 is 1.57 bits per heavy atom. The van der Waals surface area contributed by atoms with Gasteiger partial charge < -0.3 is 14.6 Å². The summed E-state index contributed by atoms with van der Waals surface area (Å²) in [5, 5.41) is 10.2. The van der Waals surface area contributed by atoms with E-state index < -0.39 is 30.6 Å². The van der Waals surface area contributed by atoms with Crippen LogP contribution in [-0.4, -0.2) is 24.9 Å². The highest BCUT2D eigenvalue weighted by Gasteiger charge is 2.42. The zero-order valence-electron chi connectivity index (χ0n) is 7.34. The van der Waals surface area contributed by atoms with E-state index >= 15 is 0 Å². The summed E-state index contributed by atoms with van der Waals surface area (Å²) in [6, 6.07) is 0. The number of alkyl halides is 3. The summed E-state index contributed by atoms with van der Waals surface area (Å²) in [6.07, 6.45) is -4.71. The first-order valence-electron chi connectivity index (χ1n) is 4.30. The van der Waals surface area contributed by atoms with E-state index in [4.69, 9.17) is 4.74 Å². The first-order chi connectivity index (χ1) is 6.41. The van der Waals surface area contributed by atoms with E-state index in [-0.39, 0.29) is 0 Å². The fourth-order valence-corrected chi connectivity index (χ4v) is 1.46. The molecule has 1 rings (SSSR count). The molecule has 1 aliphatic rings. The molecule has 14 heavy (non-hydrogen) atoms. The zero-order valence-corrected chi connectivity index (χ0v) is 7.34. The van der Waals surface area contributed by atoms with Gasteiger partial charge in [-0.1, -0.05) is 0 Å². The highest BCUT2D eigenvalue weighted by Crippen LogP contribution is 2.32. The average molecular weight is 211 g/mol. The van der Waals surface area contributed by atoms with Gasteiger partial charge in [-0.3, -0.25) is 0 Å². The van der Waals surface area contributed by atoms with Crippen molar-refractivity contribution in [2.24, 2.45) is 5.92 Å². The number of carbonyl (C=O) groups is 1. The first-order valence-corrected chi connectivity index (χ1v) is 4.30. The van der Waals surface area contributed by atoms with Gasteiger partial charge in [0.05, 0.1) is 18.0 Å². The quantitative estimate of drug-likeness (QED) is 0.682. The van der Waals surface area contributed by atoms with Gasteiger partial charge in [0, 0.05) is 6.61 Å². The summed E-state index contributed by atoms with van der Waals surface area (Å²) < 4.78 is 41.4. The maximum atomic E-state index is 12.1. The standard InChI is InChI=1S/C8H11F3O3/c9-8(10,11)6(7(12)13)4-5-2-1-3-14-5/h5-6H,1-4H2,(H,12,13)/p-1/t5-,6-/m0/s1. The summed E-state index contributed by atoms with van der Waals surface area (Å²) in [6.45, 7) is 0.405. The Bertz CT molecular complexity index is 208. The van der Waals surface area contributed by atoms with Crippen LogP contribution in [-0.2, 0) is 9.53 Å². The normalized spacial score (nSPS) is 24.9. The minimum Gasteiger partial charge on any atom is -0.550 e. The van der Waals surface area contributed by atoms with Gasteiger partial charge in [-0.15, -0.1) is 0 Å². The van der Waals surface area contributed by atoms with Gasteiger partial charge in [-0.2, -0.15) is 13.2 Å². The van der Waals surface area contributed by atoms with Crippen LogP contribution >= 0.6 is 0 Å². The molecule has 0 radical (unpaired) electrons. The second kappa shape index (κ2) is 4.16. The molecule has 3 nitrogen and oxygen atoms in total. The van der Waals surface area contributed by atoms with Gasteiger partial charge in [0.25, 0.3) is 0 Å². The van der Waals surface area contributed by atoms with E-state index in [2.05, 4.69) is 0 Å². The van der Waals surface area contributed by atoms with E-state index in [1.807, 2.05) is 0 Å². The zero-order chi connectivity index (χ0) is 10.8. The number of ether oxygens (including phenoxy) is 1. The number of rotatable bonds is 3. The molecule has 0 unspecified atom stereocenters. The van der Waals surface area contributed by atoms with Crippen molar-refractivity contribution in [1.29, 1.82) is 0 Å². The third-order valence-electron chi connectivity index (χ3n) is 2.20. The molecular formula is C8H10F3O3-. The van der Waals surface area contributed by atoms with Crippen molar-refractivity contribution < 1.29 is 27.8 Å². The van der Waals surface area contributed by atoms with Crippen LogP contribution < -0.4 is 5.11 Å². The minimum absolute atomic E-state index is 0.405. The Morgan fingerprint density at radius 3 is 2.57 bits per heavy atom. The predicted octanol–water partition coefficient (Wildman–Crippen LogP) is 0.484. The second-order valence-electron chi connectivity index (χ2n) is 3.28. The van der Waals surface area contributed by atoms with Crippen LogP contribution in [0, 0.1) is 5.92 Å². The van der Waals surface area contributed by atoms with Crippen LogP contribution in [0.4, 0.5) is 13.2 Å². The number of carbonyl (C=O) groups excluding carboxylic acids is 1. The molecule has 1 aliphatic heterocycles. The van der Waals surface area contributed by atoms with Crippen molar-refractivity contribution >= 4 is 5.97 Å². The molecule has 0 aliphatic carbocycles. The number of carboxylic acids is 1. The summed E-state index contributed by atoms with van der Waals surface area (Å²) in [5.74, 6) is -4.49. The number of carboxylic acid groups (broad SMARTS) is 1. The summed E-state index contributed by atoms with van der Waals surface area (Å²) in [5.41, 5.74) is 0. The van der Waals surface area contributed by atoms with Crippen molar-refractivity contribution in [2.75, 3.05) is 6.61 Å². The van der Waals surface area contributed by atoms with Crippen LogP contribution in [0.1, 0.15) is 19.3 Å². The molecule has 1 saturated heterocycles. The van der Waals surface area contributed by atoms with E-state index in [1.165, 1.54) is 0 Å². The SMILES string of the molecule is O=C([O-])[C@H](C[C@@H]1CCCO1)C(F)(F)F. The molecular weight excluding hydrogens is 201 g/mol. The summed E-state index contributed by atoms with van der Waals surface area (Å²) in [7, 11) is 0. The molecule has 0 N–H and O–H groups in total. The molecule has 0 aromatic rings. The van der Waals surface area contributed by atoms with Crippen LogP contribution in [0.3, 0.4) is 0 Å². The number of hydrogen-bond acceptors (Lipinski definition) is 3. The van der Waals surface area contributed by atoms with Gasteiger partial charge in [-0.05, 0) is 19.3 Å². The Kier molecular flexibility index (Phi) is 3.36. The van der Waals surface area contributed by atoms with Gasteiger partial charge in [0.2, 0.25) is 0 Å². The summed E-state index contributed by atoms with van der Waals surface area (Å²) in [4.78, 5) is 10.2. The molecule has 6 heteroatoms. The van der Waals surface area contributed by atoms with Gasteiger partial charge >= 0.3 is 6.18 Å². The average Bonchev–Trinajstić information content (AvgIpc) is 2.48. The summed E-state index contributed by atoms with van der Waals surface area (Å²) >= 11 is 0. The van der Waals surface area contributed by atoms with Gasteiger partial charge in [0.1, 0.15) is 0 Å². The molecule has 0 amide bonds. The lowest BCUT2D eigenvalue weighted by molar-refractivity contribution is -0.327. The number of aliphatic carboxylic acids is 1. The third kappa shape index (κ3) is 2.87. The molecule has 1 fully saturated rings. The predicted molar refractivity (Wildman–Crippen MR) is 38.1 cm³/mol. The highest BCUT2D eigenvalue weighted by molar-refractivity contribution is 5.68. The molecule has 82 valence electrons. The van der Waals surface area contributed by atoms with Crippen molar-refractivity contribution in [3.63, 3.8) is 0 Å². The Hall–Kier alpha value is -0.780. The Labute approximate surface area is 78.9 Å². The molecule has 0 saturated carbocycles. The lowest BCUT2D eigenvalue weighted by Gasteiger charge is -2.23. The molecule has 2 atom stereocenters. The minimum atomic E-state index is -4.75. The highest BCUT2D eigenvalue weighted by atomic mass is 19.4. The second-order valence-corrected chi connectivity index (χ2v) is 3.28. The van der Waals surface area contributed by atoms with Gasteiger partial charge in [-0.25, -0.2) is 0 Å². The van der Waals surface area contributed by atoms with Crippen LogP contribution in [0.5, 0.6) is 0 Å². The Morgan fingerprint density at radius 2 is 2.21 bits per heavy atom. The van der Waals surface area contributed by atoms with Crippen molar-refractivity contribution in [2.45, 2.75) is 31.5 Å². The molecule has 0 aromatic carbocycles. The molecule has 1 heterocycles. The number of hydrogen-bond donors (Lipinski definition) is 0. The van der Waals surface area contributed by atoms with E-state index in [1.54, 1.807) is 0 Å². The van der Waals surface area contributed by atoms with Gasteiger partial charge in [0.15, 0.2) is 0 Å². The maximum Gasteiger partial charge on any atom is 0.397 e. The largest absolute Gasteiger partial charge is 0.550 e. The van der Waals surface area contributed by atoms with E-state index in [0.717, 1.165) is 0 Å². The van der Waals surface area contributed by atoms with Crippen LogP contribution in [0.25, 0.3) is 0 Å². The van der Waals surface area contributed by atoms with Crippen molar-refractivity contribution in [3.8, 4) is 0 Å². The molecule has 0 bridgehead atoms. The van der Waals surface area contributed by atoms with Crippen LogP contribution in [0.15, 0.2) is 0 Å². The van der Waals surface area contributed by atoms with E-state index in [9.17, 15) is 23.1 Å². The maximum absolute atomic E-state index is 12.1. The fraction of sp³-hybridized carbons (Fsp3) is 0.875. The first kappa shape index (κ1) is 11.3. The monoisotopic (exact) mass is 211 g/mol. The lowest BCUT2D eigenvalue weighted by atomic mass is 9.99. The van der Waals surface area contributed by atoms with Crippen molar-refractivity contribution in [3.05, 3.63) is 0 Å². The van der Waals surface area contributed by atoms with Crippen LogP contribution in [0.2, 0.25) is 0 Å². The van der Waals surface area contributed by atoms with E-state index in [0.29, 0.717) is 19.4 Å². The van der Waals surface area contributed by atoms with Crippen molar-refractivity contribution in [1.82, 2.24) is 0 Å². The topological polar surface area (TPSA) is 49.4 Å².